The van der Waals surface area contributed by atoms with Crippen molar-refractivity contribution in [1.82, 2.24) is 5.16 Å². The van der Waals surface area contributed by atoms with Crippen molar-refractivity contribution in [2.24, 2.45) is 0 Å². The molecule has 0 radical (unpaired) electrons. The van der Waals surface area contributed by atoms with E-state index < -0.39 is 6.43 Å². The number of nitrogens with two attached hydrogens (primary N) is 1. The molecule has 2 N–H and O–H groups in total. The number of rotatable bonds is 2. The molecule has 0 aliphatic rings. The van der Waals surface area contributed by atoms with Crippen LogP contribution in [0.2, 0.25) is 0 Å². The lowest BCUT2D eigenvalue weighted by Crippen LogP contribution is -1.91. The smallest absolute Gasteiger partial charge is 0.264 e. The molecule has 1 heterocycles. The molecule has 0 amide bonds. The Morgan fingerprint density at radius 3 is 2.62 bits per heavy atom. The molecule has 2 rings (SSSR count). The molecule has 0 saturated carbocycles. The standard InChI is InChI=1S/C11H10F2N2O/c1-6-2-3-7(11(12)13)8(4-6)9-5-10(14)16-15-9/h2-5,11H,14H2,1H3. The third-order valence-corrected chi connectivity index (χ3v) is 2.25. The number of aryl methyl sites for hydroxylation is 1. The molecular weight excluding hydrogens is 214 g/mol. The second-order valence-corrected chi connectivity index (χ2v) is 3.51. The van der Waals surface area contributed by atoms with E-state index >= 15 is 0 Å². The molecule has 2 aromatic rings. The first-order valence-corrected chi connectivity index (χ1v) is 4.69. The zero-order chi connectivity index (χ0) is 11.7. The predicted molar refractivity (Wildman–Crippen MR) is 56.0 cm³/mol. The van der Waals surface area contributed by atoms with E-state index in [1.165, 1.54) is 12.1 Å². The number of halogens is 2. The summed E-state index contributed by atoms with van der Waals surface area (Å²) in [5, 5.41) is 3.64. The molecule has 0 bridgehead atoms. The summed E-state index contributed by atoms with van der Waals surface area (Å²) < 4.78 is 30.2. The van der Waals surface area contributed by atoms with E-state index in [0.29, 0.717) is 11.3 Å². The van der Waals surface area contributed by atoms with Crippen LogP contribution in [0.5, 0.6) is 0 Å². The number of anilines is 1. The van der Waals surface area contributed by atoms with Gasteiger partial charge in [-0.3, -0.25) is 0 Å². The fourth-order valence-corrected chi connectivity index (χ4v) is 1.50. The van der Waals surface area contributed by atoms with Gasteiger partial charge in [0.2, 0.25) is 5.88 Å². The quantitative estimate of drug-likeness (QED) is 0.852. The first kappa shape index (κ1) is 10.6. The highest BCUT2D eigenvalue weighted by molar-refractivity contribution is 5.66. The summed E-state index contributed by atoms with van der Waals surface area (Å²) in [5.74, 6) is 0.108. The predicted octanol–water partition coefficient (Wildman–Crippen LogP) is 3.17. The van der Waals surface area contributed by atoms with Crippen molar-refractivity contribution in [3.63, 3.8) is 0 Å². The van der Waals surface area contributed by atoms with Crippen LogP contribution in [-0.4, -0.2) is 5.16 Å². The van der Waals surface area contributed by atoms with Gasteiger partial charge in [-0.05, 0) is 13.0 Å². The van der Waals surface area contributed by atoms with E-state index in [9.17, 15) is 8.78 Å². The van der Waals surface area contributed by atoms with Crippen molar-refractivity contribution >= 4 is 5.88 Å². The number of alkyl halides is 2. The summed E-state index contributed by atoms with van der Waals surface area (Å²) in [5.41, 5.74) is 6.86. The topological polar surface area (TPSA) is 52.0 Å². The van der Waals surface area contributed by atoms with Crippen LogP contribution in [0.25, 0.3) is 11.3 Å². The second-order valence-electron chi connectivity index (χ2n) is 3.51. The van der Waals surface area contributed by atoms with Crippen molar-refractivity contribution in [2.75, 3.05) is 5.73 Å². The molecule has 16 heavy (non-hydrogen) atoms. The average Bonchev–Trinajstić information content (AvgIpc) is 2.64. The number of hydrogen-bond donors (Lipinski definition) is 1. The van der Waals surface area contributed by atoms with E-state index in [1.807, 2.05) is 6.92 Å². The summed E-state index contributed by atoms with van der Waals surface area (Å²) in [6.45, 7) is 1.82. The molecule has 0 unspecified atom stereocenters. The molecule has 3 nitrogen and oxygen atoms in total. The maximum atomic E-state index is 12.8. The minimum Gasteiger partial charge on any atom is -0.368 e. The van der Waals surface area contributed by atoms with Gasteiger partial charge in [-0.1, -0.05) is 22.9 Å². The number of nitrogens with zero attached hydrogens (tertiary/aromatic N) is 1. The largest absolute Gasteiger partial charge is 0.368 e. The minimum atomic E-state index is -2.55. The SMILES string of the molecule is Cc1ccc(C(F)F)c(-c2cc(N)on2)c1. The van der Waals surface area contributed by atoms with Crippen molar-refractivity contribution < 1.29 is 13.3 Å². The van der Waals surface area contributed by atoms with Crippen LogP contribution in [-0.2, 0) is 0 Å². The van der Waals surface area contributed by atoms with Gasteiger partial charge in [0.1, 0.15) is 5.69 Å². The number of benzene rings is 1. The fraction of sp³-hybridized carbons (Fsp3) is 0.182. The lowest BCUT2D eigenvalue weighted by atomic mass is 10.0. The zero-order valence-electron chi connectivity index (χ0n) is 8.58. The third kappa shape index (κ3) is 1.88. The Morgan fingerprint density at radius 1 is 1.31 bits per heavy atom. The average molecular weight is 224 g/mol. The number of nitrogen functional groups attached to an aromatic ring is 1. The van der Waals surface area contributed by atoms with E-state index in [0.717, 1.165) is 5.56 Å². The van der Waals surface area contributed by atoms with Gasteiger partial charge in [0.15, 0.2) is 0 Å². The Hall–Kier alpha value is -1.91. The summed E-state index contributed by atoms with van der Waals surface area (Å²) >= 11 is 0. The molecule has 84 valence electrons. The molecular formula is C11H10F2N2O. The van der Waals surface area contributed by atoms with E-state index in [1.54, 1.807) is 12.1 Å². The number of aromatic nitrogens is 1. The summed E-state index contributed by atoms with van der Waals surface area (Å²) in [6.07, 6.45) is -2.55. The summed E-state index contributed by atoms with van der Waals surface area (Å²) in [6, 6.07) is 6.09. The molecule has 0 aliphatic carbocycles. The number of hydrogen-bond acceptors (Lipinski definition) is 3. The highest BCUT2D eigenvalue weighted by atomic mass is 19.3. The molecule has 0 aliphatic heterocycles. The molecule has 0 atom stereocenters. The molecule has 1 aromatic heterocycles. The van der Waals surface area contributed by atoms with Crippen LogP contribution >= 0.6 is 0 Å². The summed E-state index contributed by atoms with van der Waals surface area (Å²) in [4.78, 5) is 0. The summed E-state index contributed by atoms with van der Waals surface area (Å²) in [7, 11) is 0. The molecule has 0 saturated heterocycles. The fourth-order valence-electron chi connectivity index (χ4n) is 1.50. The molecule has 1 aromatic carbocycles. The lowest BCUT2D eigenvalue weighted by Gasteiger charge is -2.06. The minimum absolute atomic E-state index is 0.0705. The van der Waals surface area contributed by atoms with Gasteiger partial charge < -0.3 is 10.3 Å². The Balaban J connectivity index is 2.57. The monoisotopic (exact) mass is 224 g/mol. The van der Waals surface area contributed by atoms with E-state index in [2.05, 4.69) is 9.68 Å². The van der Waals surface area contributed by atoms with Crippen LogP contribution in [0.1, 0.15) is 17.6 Å². The van der Waals surface area contributed by atoms with Crippen molar-refractivity contribution in [1.29, 1.82) is 0 Å². The van der Waals surface area contributed by atoms with E-state index in [-0.39, 0.29) is 11.4 Å². The van der Waals surface area contributed by atoms with Gasteiger partial charge in [0.25, 0.3) is 6.43 Å². The van der Waals surface area contributed by atoms with Crippen LogP contribution in [0.4, 0.5) is 14.7 Å². The van der Waals surface area contributed by atoms with Crippen molar-refractivity contribution in [3.8, 4) is 11.3 Å². The highest BCUT2D eigenvalue weighted by Gasteiger charge is 2.16. The molecule has 0 fully saturated rings. The van der Waals surface area contributed by atoms with Gasteiger partial charge in [0.05, 0.1) is 0 Å². The Morgan fingerprint density at radius 2 is 2.06 bits per heavy atom. The van der Waals surface area contributed by atoms with Crippen LogP contribution in [0.15, 0.2) is 28.8 Å². The van der Waals surface area contributed by atoms with Gasteiger partial charge in [-0.25, -0.2) is 8.78 Å². The van der Waals surface area contributed by atoms with Crippen LogP contribution in [0.3, 0.4) is 0 Å². The van der Waals surface area contributed by atoms with Crippen LogP contribution in [0, 0.1) is 6.92 Å². The Bertz CT molecular complexity index is 508. The molecule has 0 spiro atoms. The first-order chi connectivity index (χ1) is 7.58. The van der Waals surface area contributed by atoms with Crippen molar-refractivity contribution in [2.45, 2.75) is 13.3 Å². The third-order valence-electron chi connectivity index (χ3n) is 2.25. The van der Waals surface area contributed by atoms with Crippen LogP contribution < -0.4 is 5.73 Å². The highest BCUT2D eigenvalue weighted by Crippen LogP contribution is 2.31. The van der Waals surface area contributed by atoms with Gasteiger partial charge in [-0.15, -0.1) is 0 Å². The zero-order valence-corrected chi connectivity index (χ0v) is 8.58. The lowest BCUT2D eigenvalue weighted by molar-refractivity contribution is 0.152. The van der Waals surface area contributed by atoms with Crippen molar-refractivity contribution in [3.05, 3.63) is 35.4 Å². The first-order valence-electron chi connectivity index (χ1n) is 4.69. The van der Waals surface area contributed by atoms with Gasteiger partial charge in [-0.2, -0.15) is 0 Å². The second kappa shape index (κ2) is 3.92. The van der Waals surface area contributed by atoms with Gasteiger partial charge in [0, 0.05) is 17.2 Å². The molecule has 5 heteroatoms. The Kier molecular flexibility index (Phi) is 2.60. The normalized spacial score (nSPS) is 11.0. The van der Waals surface area contributed by atoms with E-state index in [4.69, 9.17) is 5.73 Å². The maximum absolute atomic E-state index is 12.8. The maximum Gasteiger partial charge on any atom is 0.264 e. The van der Waals surface area contributed by atoms with Gasteiger partial charge >= 0.3 is 0 Å². The Labute approximate surface area is 90.9 Å².